The van der Waals surface area contributed by atoms with Crippen LogP contribution in [0, 0.1) is 0 Å². The third-order valence-corrected chi connectivity index (χ3v) is 34.7. The van der Waals surface area contributed by atoms with Crippen molar-refractivity contribution in [1.29, 1.82) is 0 Å². The van der Waals surface area contributed by atoms with Crippen LogP contribution in [0.3, 0.4) is 0 Å². The van der Waals surface area contributed by atoms with Crippen LogP contribution >= 0.6 is 255 Å². The molecule has 0 nitrogen and oxygen atoms in total. The van der Waals surface area contributed by atoms with Gasteiger partial charge in [-0.05, 0) is 0 Å². The highest BCUT2D eigenvalue weighted by molar-refractivity contribution is 9.37. The molecule has 0 aromatic rings. The van der Waals surface area contributed by atoms with Gasteiger partial charge in [0.05, 0.1) is 7.47 Å². The molecule has 0 atom stereocenters. The van der Waals surface area contributed by atoms with E-state index in [1.165, 1.54) is 0 Å². The molecule has 0 aliphatic rings. The summed E-state index contributed by atoms with van der Waals surface area (Å²) in [7, 11) is 0. The average Bonchev–Trinajstić information content (AvgIpc) is 2.36. The summed E-state index contributed by atoms with van der Waals surface area (Å²) in [4.78, 5) is 0. The van der Waals surface area contributed by atoms with Gasteiger partial charge in [-0.15, -0.1) is 0 Å². The van der Waals surface area contributed by atoms with E-state index in [2.05, 4.69) is 255 Å². The molecule has 0 amide bonds. The summed E-state index contributed by atoms with van der Waals surface area (Å²) in [6, 6.07) is 0. The lowest BCUT2D eigenvalue weighted by molar-refractivity contribution is 0.612. The average molecular weight is 1380 g/mol. The molecule has 0 fully saturated rings. The predicted octanol–water partition coefficient (Wildman–Crippen LogP) is 12.1. The van der Waals surface area contributed by atoms with Gasteiger partial charge in [-0.25, -0.2) is 0 Å². The number of halogens is 16. The highest BCUT2D eigenvalue weighted by Gasteiger charge is 2.74. The molecular weight excluding hydrogens is 1370 g/mol. The molecule has 0 spiro atoms. The Kier molecular flexibility index (Phi) is 14.5. The van der Waals surface area contributed by atoms with Gasteiger partial charge < -0.3 is 0 Å². The van der Waals surface area contributed by atoms with Gasteiger partial charge in [0.2, 0.25) is 0 Å². The van der Waals surface area contributed by atoms with Gasteiger partial charge in [0.15, 0.2) is 0 Å². The molecule has 0 aliphatic heterocycles. The van der Waals surface area contributed by atoms with Crippen LogP contribution in [-0.4, -0.2) is 26.9 Å². The zero-order chi connectivity index (χ0) is 20.2. The van der Waals surface area contributed by atoms with E-state index in [-0.39, 0.29) is 7.47 Å². The third-order valence-electron chi connectivity index (χ3n) is 2.57. The lowest BCUT2D eigenvalue weighted by Crippen LogP contribution is -2.65. The summed E-state index contributed by atoms with van der Waals surface area (Å²) in [5, 5.41) is 0. The van der Waals surface area contributed by atoms with Crippen LogP contribution in [-0.2, 0) is 0 Å². The lowest BCUT2D eigenvalue weighted by atomic mass is 10.1. The van der Waals surface area contributed by atoms with Crippen molar-refractivity contribution in [3.63, 3.8) is 0 Å². The fourth-order valence-corrected chi connectivity index (χ4v) is 14.9. The Morgan fingerprint density at radius 3 is 0.625 bits per heavy atom. The Labute approximate surface area is 275 Å². The van der Waals surface area contributed by atoms with E-state index in [1.54, 1.807) is 0 Å². The van der Waals surface area contributed by atoms with Crippen molar-refractivity contribution in [2.75, 3.05) is 0 Å². The molecule has 0 bridgehead atoms. The molecule has 0 aromatic heterocycles. The molecule has 146 valence electrons. The topological polar surface area (TPSA) is 0 Å². The minimum absolute atomic E-state index is 0.153. The molecule has 24 heavy (non-hydrogen) atoms. The number of hydrogen-bond donors (Lipinski definition) is 0. The first-order chi connectivity index (χ1) is 10.1. The zero-order valence-corrected chi connectivity index (χ0v) is 35.6. The summed E-state index contributed by atoms with van der Waals surface area (Å²) in [5.41, 5.74) is 0. The summed E-state index contributed by atoms with van der Waals surface area (Å²) in [5.74, 6) is 0. The SMILES string of the molecule is BrC(Br)C(Br)(Br)C(Br)(Br)C(Br)(Br)C(Br)(Br)C(Br)(Br)C(Br)(Br)C(Br)Br. The van der Waals surface area contributed by atoms with Gasteiger partial charge in [-0.2, -0.15) is 0 Å². The summed E-state index contributed by atoms with van der Waals surface area (Å²) in [6.45, 7) is 0. The van der Waals surface area contributed by atoms with E-state index in [9.17, 15) is 0 Å². The monoisotopic (exact) mass is 1360 g/mol. The second-order valence-electron chi connectivity index (χ2n) is 4.14. The molecule has 0 saturated carbocycles. The number of rotatable bonds is 7. The van der Waals surface area contributed by atoms with Crippen molar-refractivity contribution in [2.45, 2.75) is 26.9 Å². The van der Waals surface area contributed by atoms with Crippen molar-refractivity contribution in [1.82, 2.24) is 0 Å². The summed E-state index contributed by atoms with van der Waals surface area (Å²) < 4.78 is -5.07. The Morgan fingerprint density at radius 1 is 0.333 bits per heavy atom. The van der Waals surface area contributed by atoms with Gasteiger partial charge in [0, 0.05) is 0 Å². The van der Waals surface area contributed by atoms with E-state index in [0.717, 1.165) is 0 Å². The molecule has 0 radical (unpaired) electrons. The van der Waals surface area contributed by atoms with Crippen LogP contribution in [0.1, 0.15) is 0 Å². The van der Waals surface area contributed by atoms with E-state index in [4.69, 9.17) is 0 Å². The fraction of sp³-hybridized carbons (Fsp3) is 1.00. The summed E-state index contributed by atoms with van der Waals surface area (Å²) in [6.07, 6.45) is 0. The number of alkyl halides is 16. The molecule has 0 aromatic carbocycles. The predicted molar refractivity (Wildman–Crippen MR) is 167 cm³/mol. The van der Waals surface area contributed by atoms with Gasteiger partial charge >= 0.3 is 0 Å². The van der Waals surface area contributed by atoms with E-state index < -0.39 is 19.4 Å². The molecular formula is C8H2Br16. The first-order valence-electron chi connectivity index (χ1n) is 4.97. The first-order valence-corrected chi connectivity index (χ1v) is 18.1. The molecule has 0 aliphatic carbocycles. The van der Waals surface area contributed by atoms with E-state index in [1.807, 2.05) is 0 Å². The van der Waals surface area contributed by atoms with Crippen LogP contribution in [0.25, 0.3) is 0 Å². The maximum absolute atomic E-state index is 3.80. The molecule has 0 rings (SSSR count). The zero-order valence-electron chi connectivity index (χ0n) is 10.2. The van der Waals surface area contributed by atoms with Gasteiger partial charge in [0.1, 0.15) is 19.4 Å². The lowest BCUT2D eigenvalue weighted by Gasteiger charge is -2.55. The van der Waals surface area contributed by atoms with Gasteiger partial charge in [0.25, 0.3) is 0 Å². The van der Waals surface area contributed by atoms with Crippen molar-refractivity contribution < 1.29 is 0 Å². The normalized spacial score (nSPS) is 16.2. The molecule has 16 heteroatoms. The minimum atomic E-state index is -0.874. The van der Waals surface area contributed by atoms with Crippen molar-refractivity contribution >= 4 is 255 Å². The Bertz CT molecular complexity index is 405. The standard InChI is InChI=1S/C8H2Br16/c9-1(10)3(13,14)5(17,18)7(21,22)8(23,24)6(19,20)4(15,16)2(11)12/h1-2H. The maximum Gasteiger partial charge on any atom is 0.135 e. The largest absolute Gasteiger partial charge is 0.135 e. The van der Waals surface area contributed by atoms with Gasteiger partial charge in [-0.1, -0.05) is 255 Å². The fourth-order valence-electron chi connectivity index (χ4n) is 1.09. The molecule has 0 heterocycles. The van der Waals surface area contributed by atoms with Crippen LogP contribution in [0.5, 0.6) is 0 Å². The van der Waals surface area contributed by atoms with Crippen LogP contribution in [0.4, 0.5) is 0 Å². The smallest absolute Gasteiger partial charge is 0.0739 e. The Balaban J connectivity index is 6.38. The summed E-state index contributed by atoms with van der Waals surface area (Å²) >= 11 is 59.2. The Morgan fingerprint density at radius 2 is 0.500 bits per heavy atom. The molecule has 0 unspecified atom stereocenters. The molecule has 0 saturated heterocycles. The van der Waals surface area contributed by atoms with E-state index >= 15 is 0 Å². The van der Waals surface area contributed by atoms with Gasteiger partial charge in [-0.3, -0.25) is 0 Å². The highest BCUT2D eigenvalue weighted by atomic mass is 79.9. The molecule has 0 N–H and O–H groups in total. The van der Waals surface area contributed by atoms with Crippen LogP contribution < -0.4 is 0 Å². The highest BCUT2D eigenvalue weighted by Crippen LogP contribution is 2.75. The van der Waals surface area contributed by atoms with Crippen molar-refractivity contribution in [3.05, 3.63) is 0 Å². The second kappa shape index (κ2) is 11.0. The second-order valence-corrected chi connectivity index (χ2v) is 31.2. The van der Waals surface area contributed by atoms with E-state index in [0.29, 0.717) is 0 Å². The first kappa shape index (κ1) is 31.7. The quantitative estimate of drug-likeness (QED) is 0.223. The van der Waals surface area contributed by atoms with Crippen LogP contribution in [0.15, 0.2) is 0 Å². The maximum atomic E-state index is 3.80. The minimum Gasteiger partial charge on any atom is -0.0739 e. The van der Waals surface area contributed by atoms with Crippen molar-refractivity contribution in [2.24, 2.45) is 0 Å². The Hall–Kier alpha value is 7.68. The number of hydrogen-bond acceptors (Lipinski definition) is 0. The van der Waals surface area contributed by atoms with Crippen LogP contribution in [0.2, 0.25) is 0 Å². The third kappa shape index (κ3) is 5.84. The van der Waals surface area contributed by atoms with Crippen molar-refractivity contribution in [3.8, 4) is 0 Å².